The molecule has 2 aromatic heterocycles. The number of β-amino-alcohol motifs (C(OH)–C–C–N with tert-alkyl or cyclic N) is 1. The first-order valence-electron chi connectivity index (χ1n) is 8.75. The molecule has 0 unspecified atom stereocenters. The van der Waals surface area contributed by atoms with Gasteiger partial charge in [-0.15, -0.1) is 0 Å². The van der Waals surface area contributed by atoms with Gasteiger partial charge in [-0.2, -0.15) is 0 Å². The molecule has 0 radical (unpaired) electrons. The Morgan fingerprint density at radius 1 is 1.17 bits per heavy atom. The number of hydrogen-bond acceptors (Lipinski definition) is 6. The van der Waals surface area contributed by atoms with Crippen molar-refractivity contribution in [2.45, 2.75) is 20.0 Å². The molecule has 1 aliphatic rings. The van der Waals surface area contributed by atoms with Gasteiger partial charge in [-0.25, -0.2) is 9.97 Å². The molecule has 0 amide bonds. The van der Waals surface area contributed by atoms with Gasteiger partial charge in [-0.1, -0.05) is 0 Å². The van der Waals surface area contributed by atoms with Crippen LogP contribution in [0.3, 0.4) is 0 Å². The summed E-state index contributed by atoms with van der Waals surface area (Å²) in [5.74, 6) is 1.05. The van der Waals surface area contributed by atoms with Crippen LogP contribution >= 0.6 is 0 Å². The Kier molecular flexibility index (Phi) is 6.14. The Balaban J connectivity index is 1.70. The van der Waals surface area contributed by atoms with E-state index in [1.807, 2.05) is 25.3 Å². The van der Waals surface area contributed by atoms with Crippen LogP contribution in [0.25, 0.3) is 11.2 Å². The van der Waals surface area contributed by atoms with Crippen molar-refractivity contribution < 1.29 is 9.84 Å². The SMILES string of the molecule is CCOCCn1c(CN2CCN(CCO)CC2)nc2cccnc21. The van der Waals surface area contributed by atoms with E-state index in [1.165, 1.54) is 0 Å². The molecule has 1 saturated heterocycles. The van der Waals surface area contributed by atoms with Gasteiger partial charge in [-0.3, -0.25) is 9.80 Å². The summed E-state index contributed by atoms with van der Waals surface area (Å²) in [6.07, 6.45) is 1.82. The van der Waals surface area contributed by atoms with Gasteiger partial charge in [-0.05, 0) is 19.1 Å². The zero-order chi connectivity index (χ0) is 16.8. The minimum Gasteiger partial charge on any atom is -0.395 e. The number of pyridine rings is 1. The number of piperazine rings is 1. The first kappa shape index (κ1) is 17.3. The summed E-state index contributed by atoms with van der Waals surface area (Å²) in [5, 5.41) is 9.05. The number of nitrogens with zero attached hydrogens (tertiary/aromatic N) is 5. The third-order valence-corrected chi connectivity index (χ3v) is 4.49. The molecule has 1 fully saturated rings. The third kappa shape index (κ3) is 4.10. The van der Waals surface area contributed by atoms with Crippen LogP contribution in [0.15, 0.2) is 18.3 Å². The molecule has 3 rings (SSSR count). The molecule has 7 nitrogen and oxygen atoms in total. The van der Waals surface area contributed by atoms with Crippen LogP contribution in [-0.4, -0.2) is 82.0 Å². The van der Waals surface area contributed by atoms with E-state index in [-0.39, 0.29) is 6.61 Å². The predicted octanol–water partition coefficient (Wildman–Crippen LogP) is 0.578. The van der Waals surface area contributed by atoms with Gasteiger partial charge < -0.3 is 14.4 Å². The van der Waals surface area contributed by atoms with Gasteiger partial charge >= 0.3 is 0 Å². The summed E-state index contributed by atoms with van der Waals surface area (Å²) in [4.78, 5) is 14.0. The van der Waals surface area contributed by atoms with Crippen molar-refractivity contribution in [3.05, 3.63) is 24.2 Å². The van der Waals surface area contributed by atoms with Gasteiger partial charge in [0.15, 0.2) is 5.65 Å². The highest BCUT2D eigenvalue weighted by atomic mass is 16.5. The van der Waals surface area contributed by atoms with E-state index in [0.717, 1.165) is 69.4 Å². The van der Waals surface area contributed by atoms with Gasteiger partial charge in [0.2, 0.25) is 0 Å². The zero-order valence-electron chi connectivity index (χ0n) is 14.4. The van der Waals surface area contributed by atoms with Crippen LogP contribution in [0.4, 0.5) is 0 Å². The maximum Gasteiger partial charge on any atom is 0.160 e. The van der Waals surface area contributed by atoms with E-state index < -0.39 is 0 Å². The molecule has 0 saturated carbocycles. The molecule has 132 valence electrons. The predicted molar refractivity (Wildman–Crippen MR) is 92.8 cm³/mol. The van der Waals surface area contributed by atoms with Gasteiger partial charge in [0.05, 0.1) is 19.8 Å². The van der Waals surface area contributed by atoms with Crippen LogP contribution in [0.2, 0.25) is 0 Å². The lowest BCUT2D eigenvalue weighted by Crippen LogP contribution is -2.46. The smallest absolute Gasteiger partial charge is 0.160 e. The fourth-order valence-electron chi connectivity index (χ4n) is 3.17. The Labute approximate surface area is 142 Å². The summed E-state index contributed by atoms with van der Waals surface area (Å²) < 4.78 is 7.71. The Hall–Kier alpha value is -1.54. The van der Waals surface area contributed by atoms with Gasteiger partial charge in [0.1, 0.15) is 11.3 Å². The minimum atomic E-state index is 0.235. The molecule has 1 aliphatic heterocycles. The monoisotopic (exact) mass is 333 g/mol. The van der Waals surface area contributed by atoms with Crippen LogP contribution < -0.4 is 0 Å². The molecular weight excluding hydrogens is 306 g/mol. The Morgan fingerprint density at radius 3 is 2.71 bits per heavy atom. The molecule has 2 aromatic rings. The Morgan fingerprint density at radius 2 is 1.96 bits per heavy atom. The average molecular weight is 333 g/mol. The van der Waals surface area contributed by atoms with Crippen molar-refractivity contribution in [2.24, 2.45) is 0 Å². The molecule has 0 spiro atoms. The number of aliphatic hydroxyl groups is 1. The molecular formula is C17H27N5O2. The molecule has 1 N–H and O–H groups in total. The fraction of sp³-hybridized carbons (Fsp3) is 0.647. The lowest BCUT2D eigenvalue weighted by molar-refractivity contribution is 0.104. The second kappa shape index (κ2) is 8.53. The van der Waals surface area contributed by atoms with Crippen LogP contribution in [0.5, 0.6) is 0 Å². The Bertz CT molecular complexity index is 637. The number of hydrogen-bond donors (Lipinski definition) is 1. The standard InChI is InChI=1S/C17H27N5O2/c1-2-24-13-11-22-16(19-15-4-3-5-18-17(15)22)14-21-8-6-20(7-9-21)10-12-23/h3-5,23H,2,6-14H2,1H3. The number of imidazole rings is 1. The number of aromatic nitrogens is 3. The maximum atomic E-state index is 9.05. The van der Waals surface area contributed by atoms with Gasteiger partial charge in [0.25, 0.3) is 0 Å². The summed E-state index contributed by atoms with van der Waals surface area (Å²) in [6.45, 7) is 10.0. The maximum absolute atomic E-state index is 9.05. The highest BCUT2D eigenvalue weighted by molar-refractivity contribution is 5.71. The summed E-state index contributed by atoms with van der Waals surface area (Å²) in [7, 11) is 0. The molecule has 3 heterocycles. The lowest BCUT2D eigenvalue weighted by Gasteiger charge is -2.34. The first-order chi connectivity index (χ1) is 11.8. The van der Waals surface area contributed by atoms with E-state index in [2.05, 4.69) is 19.4 Å². The molecule has 0 atom stereocenters. The largest absolute Gasteiger partial charge is 0.395 e. The highest BCUT2D eigenvalue weighted by Gasteiger charge is 2.19. The van der Waals surface area contributed by atoms with E-state index >= 15 is 0 Å². The molecule has 0 aliphatic carbocycles. The van der Waals surface area contributed by atoms with Crippen molar-refractivity contribution in [2.75, 3.05) is 52.5 Å². The average Bonchev–Trinajstić information content (AvgIpc) is 2.95. The normalized spacial score (nSPS) is 16.9. The first-order valence-corrected chi connectivity index (χ1v) is 8.75. The second-order valence-electron chi connectivity index (χ2n) is 6.06. The van der Waals surface area contributed by atoms with Crippen molar-refractivity contribution in [1.29, 1.82) is 0 Å². The molecule has 7 heteroatoms. The summed E-state index contributed by atoms with van der Waals surface area (Å²) >= 11 is 0. The molecule has 0 aromatic carbocycles. The van der Waals surface area contributed by atoms with E-state index in [4.69, 9.17) is 14.8 Å². The van der Waals surface area contributed by atoms with Crippen molar-refractivity contribution in [3.63, 3.8) is 0 Å². The topological polar surface area (TPSA) is 66.7 Å². The number of aliphatic hydroxyl groups excluding tert-OH is 1. The quantitative estimate of drug-likeness (QED) is 0.713. The van der Waals surface area contributed by atoms with Crippen LogP contribution in [0.1, 0.15) is 12.7 Å². The molecule has 0 bridgehead atoms. The van der Waals surface area contributed by atoms with E-state index in [0.29, 0.717) is 6.61 Å². The van der Waals surface area contributed by atoms with E-state index in [1.54, 1.807) is 0 Å². The van der Waals surface area contributed by atoms with Crippen LogP contribution in [0, 0.1) is 0 Å². The highest BCUT2D eigenvalue weighted by Crippen LogP contribution is 2.16. The van der Waals surface area contributed by atoms with Crippen molar-refractivity contribution >= 4 is 11.2 Å². The third-order valence-electron chi connectivity index (χ3n) is 4.49. The van der Waals surface area contributed by atoms with Crippen molar-refractivity contribution in [1.82, 2.24) is 24.3 Å². The minimum absolute atomic E-state index is 0.235. The number of ether oxygens (including phenoxy) is 1. The summed E-state index contributed by atoms with van der Waals surface area (Å²) in [5.41, 5.74) is 1.88. The summed E-state index contributed by atoms with van der Waals surface area (Å²) in [6, 6.07) is 3.95. The number of rotatable bonds is 8. The fourth-order valence-corrected chi connectivity index (χ4v) is 3.17. The van der Waals surface area contributed by atoms with E-state index in [9.17, 15) is 0 Å². The van der Waals surface area contributed by atoms with Crippen LogP contribution in [-0.2, 0) is 17.8 Å². The molecule has 24 heavy (non-hydrogen) atoms. The number of fused-ring (bicyclic) bond motifs is 1. The van der Waals surface area contributed by atoms with Crippen molar-refractivity contribution in [3.8, 4) is 0 Å². The van der Waals surface area contributed by atoms with Gasteiger partial charge in [0, 0.05) is 52.1 Å². The second-order valence-corrected chi connectivity index (χ2v) is 6.06. The lowest BCUT2D eigenvalue weighted by atomic mass is 10.3. The zero-order valence-corrected chi connectivity index (χ0v) is 14.4.